The number of ketones is 1. The number of carboxylic acid groups (broad SMARTS) is 1. The summed E-state index contributed by atoms with van der Waals surface area (Å²) in [6.45, 7) is 1.65. The van der Waals surface area contributed by atoms with Crippen LogP contribution in [0.4, 0.5) is 4.79 Å². The smallest absolute Gasteiger partial charge is 0.319 e. The van der Waals surface area contributed by atoms with Crippen molar-refractivity contribution in [1.82, 2.24) is 10.2 Å². The Morgan fingerprint density at radius 3 is 2.47 bits per heavy atom. The van der Waals surface area contributed by atoms with Gasteiger partial charge in [-0.3, -0.25) is 14.5 Å². The molecule has 2 aromatic rings. The summed E-state index contributed by atoms with van der Waals surface area (Å²) in [5, 5.41) is 12.0. The van der Waals surface area contributed by atoms with Crippen LogP contribution in [0, 0.1) is 5.92 Å². The summed E-state index contributed by atoms with van der Waals surface area (Å²) in [6.07, 6.45) is 1.89. The zero-order valence-corrected chi connectivity index (χ0v) is 18.9. The van der Waals surface area contributed by atoms with Crippen LogP contribution in [0.15, 0.2) is 60.7 Å². The molecule has 0 saturated carbocycles. The number of Topliss-reactive ketones (excluding diaryl/α,β-unsaturated/α-hetero) is 1. The van der Waals surface area contributed by atoms with Crippen molar-refractivity contribution in [3.63, 3.8) is 0 Å². The molecule has 2 heterocycles. The van der Waals surface area contributed by atoms with Crippen LogP contribution in [0.1, 0.15) is 37.3 Å². The molecule has 32 heavy (non-hydrogen) atoms. The summed E-state index contributed by atoms with van der Waals surface area (Å²) >= 11 is 1.72. The summed E-state index contributed by atoms with van der Waals surface area (Å²) in [7, 11) is 0. The molecule has 2 unspecified atom stereocenters. The number of urea groups is 1. The molecule has 0 aromatic heterocycles. The van der Waals surface area contributed by atoms with Crippen molar-refractivity contribution in [3.05, 3.63) is 71.8 Å². The van der Waals surface area contributed by atoms with E-state index in [4.69, 9.17) is 5.11 Å². The molecule has 0 aliphatic carbocycles. The second-order valence-electron chi connectivity index (χ2n) is 8.59. The van der Waals surface area contributed by atoms with Gasteiger partial charge in [-0.15, -0.1) is 11.8 Å². The molecule has 0 bridgehead atoms. The van der Waals surface area contributed by atoms with Gasteiger partial charge in [-0.25, -0.2) is 4.79 Å². The van der Waals surface area contributed by atoms with Crippen LogP contribution in [-0.4, -0.2) is 45.6 Å². The first-order valence-electron chi connectivity index (χ1n) is 11.0. The molecular formula is C25H28N2O4S. The van der Waals surface area contributed by atoms with E-state index in [9.17, 15) is 14.4 Å². The lowest BCUT2D eigenvalue weighted by atomic mass is 9.94. The van der Waals surface area contributed by atoms with Crippen LogP contribution in [0.25, 0.3) is 0 Å². The van der Waals surface area contributed by atoms with Gasteiger partial charge in [0.05, 0.1) is 12.0 Å². The molecule has 2 aliphatic rings. The fourth-order valence-corrected chi connectivity index (χ4v) is 6.40. The number of fused-ring (bicyclic) bond motifs is 1. The van der Waals surface area contributed by atoms with Crippen molar-refractivity contribution >= 4 is 29.5 Å². The first-order valence-corrected chi connectivity index (χ1v) is 12.0. The van der Waals surface area contributed by atoms with Crippen molar-refractivity contribution < 1.29 is 19.5 Å². The lowest BCUT2D eigenvalue weighted by Gasteiger charge is -2.37. The summed E-state index contributed by atoms with van der Waals surface area (Å²) in [6, 6.07) is 19.1. The number of carboxylic acids is 1. The highest BCUT2D eigenvalue weighted by molar-refractivity contribution is 8.00. The van der Waals surface area contributed by atoms with Gasteiger partial charge in [-0.05, 0) is 24.0 Å². The van der Waals surface area contributed by atoms with E-state index in [2.05, 4.69) is 17.4 Å². The number of rotatable bonds is 9. The highest BCUT2D eigenvalue weighted by Crippen LogP contribution is 2.52. The molecule has 4 rings (SSSR count). The molecule has 2 saturated heterocycles. The van der Waals surface area contributed by atoms with Gasteiger partial charge in [0.1, 0.15) is 10.9 Å². The maximum atomic E-state index is 13.2. The SMILES string of the molecule is CC(CCCC(=O)C1NC(=O)N2[C@H]1CS[C@@]2(Cc1ccccc1)c1ccccc1)C(=O)O. The summed E-state index contributed by atoms with van der Waals surface area (Å²) < 4.78 is 0. The van der Waals surface area contributed by atoms with Crippen LogP contribution >= 0.6 is 11.8 Å². The van der Waals surface area contributed by atoms with Crippen molar-refractivity contribution in [2.24, 2.45) is 5.92 Å². The number of hydrogen-bond acceptors (Lipinski definition) is 4. The van der Waals surface area contributed by atoms with Crippen molar-refractivity contribution in [2.45, 2.75) is 49.6 Å². The first-order chi connectivity index (χ1) is 15.4. The number of carbonyl (C=O) groups excluding carboxylic acids is 2. The Kier molecular flexibility index (Phi) is 6.55. The monoisotopic (exact) mass is 452 g/mol. The lowest BCUT2D eigenvalue weighted by Crippen LogP contribution is -2.47. The second-order valence-corrected chi connectivity index (χ2v) is 9.88. The Bertz CT molecular complexity index is 984. The van der Waals surface area contributed by atoms with E-state index in [1.807, 2.05) is 53.4 Å². The second kappa shape index (κ2) is 9.36. The van der Waals surface area contributed by atoms with Gasteiger partial charge in [0.15, 0.2) is 5.78 Å². The van der Waals surface area contributed by atoms with Gasteiger partial charge in [-0.1, -0.05) is 67.6 Å². The van der Waals surface area contributed by atoms with Crippen LogP contribution in [0.5, 0.6) is 0 Å². The molecule has 0 spiro atoms. The number of benzene rings is 2. The maximum absolute atomic E-state index is 13.2. The molecule has 2 amide bonds. The molecule has 168 valence electrons. The van der Waals surface area contributed by atoms with Crippen molar-refractivity contribution in [3.8, 4) is 0 Å². The Balaban J connectivity index is 1.56. The average Bonchev–Trinajstić information content (AvgIpc) is 3.34. The minimum Gasteiger partial charge on any atom is -0.481 e. The molecule has 4 atom stereocenters. The third-order valence-corrected chi connectivity index (χ3v) is 8.00. The van der Waals surface area contributed by atoms with E-state index in [0.29, 0.717) is 25.0 Å². The van der Waals surface area contributed by atoms with Crippen molar-refractivity contribution in [1.29, 1.82) is 0 Å². The number of amides is 2. The number of thioether (sulfide) groups is 1. The number of aliphatic carboxylic acids is 1. The molecule has 2 aliphatic heterocycles. The first kappa shape index (κ1) is 22.4. The highest BCUT2D eigenvalue weighted by atomic mass is 32.2. The van der Waals surface area contributed by atoms with Crippen LogP contribution in [0.2, 0.25) is 0 Å². The van der Waals surface area contributed by atoms with Gasteiger partial charge in [0.2, 0.25) is 0 Å². The zero-order chi connectivity index (χ0) is 22.7. The van der Waals surface area contributed by atoms with E-state index >= 15 is 0 Å². The van der Waals surface area contributed by atoms with Gasteiger partial charge >= 0.3 is 12.0 Å². The summed E-state index contributed by atoms with van der Waals surface area (Å²) in [5.41, 5.74) is 2.18. The van der Waals surface area contributed by atoms with Gasteiger partial charge in [0, 0.05) is 18.6 Å². The zero-order valence-electron chi connectivity index (χ0n) is 18.1. The van der Waals surface area contributed by atoms with E-state index < -0.39 is 22.8 Å². The van der Waals surface area contributed by atoms with Crippen LogP contribution in [-0.2, 0) is 20.9 Å². The minimum atomic E-state index is -0.849. The molecule has 2 fully saturated rings. The lowest BCUT2D eigenvalue weighted by molar-refractivity contribution is -0.141. The molecule has 2 N–H and O–H groups in total. The number of nitrogens with zero attached hydrogens (tertiary/aromatic N) is 1. The van der Waals surface area contributed by atoms with Crippen LogP contribution < -0.4 is 5.32 Å². The molecule has 2 aromatic carbocycles. The molecular weight excluding hydrogens is 424 g/mol. The Labute approximate surface area is 192 Å². The fraction of sp³-hybridized carbons (Fsp3) is 0.400. The standard InChI is InChI=1S/C25H28N2O4S/c1-17(23(29)30)9-8-14-21(28)22-20-16-32-25(27(20)24(31)26-22,19-12-6-3-7-13-19)15-18-10-4-2-5-11-18/h2-7,10-13,17,20,22H,8-9,14-16H2,1H3,(H,26,31)(H,29,30)/t17?,20-,22?,25-/m0/s1. The fourth-order valence-electron chi connectivity index (χ4n) is 4.68. The van der Waals surface area contributed by atoms with Crippen LogP contribution in [0.3, 0.4) is 0 Å². The molecule has 7 heteroatoms. The Morgan fingerprint density at radius 1 is 1.16 bits per heavy atom. The number of nitrogens with one attached hydrogen (secondary N) is 1. The summed E-state index contributed by atoms with van der Waals surface area (Å²) in [5.74, 6) is -0.676. The van der Waals surface area contributed by atoms with E-state index in [1.165, 1.54) is 0 Å². The number of carbonyl (C=O) groups is 3. The topological polar surface area (TPSA) is 86.7 Å². The number of hydrogen-bond donors (Lipinski definition) is 2. The average molecular weight is 453 g/mol. The van der Waals surface area contributed by atoms with E-state index in [0.717, 1.165) is 11.1 Å². The third kappa shape index (κ3) is 4.26. The van der Waals surface area contributed by atoms with Gasteiger partial charge in [0.25, 0.3) is 0 Å². The maximum Gasteiger partial charge on any atom is 0.319 e. The largest absolute Gasteiger partial charge is 0.481 e. The Morgan fingerprint density at radius 2 is 1.81 bits per heavy atom. The molecule has 6 nitrogen and oxygen atoms in total. The highest BCUT2D eigenvalue weighted by Gasteiger charge is 2.58. The van der Waals surface area contributed by atoms with E-state index in [-0.39, 0.29) is 24.3 Å². The normalized spacial score (nSPS) is 25.3. The predicted octanol–water partition coefficient (Wildman–Crippen LogP) is 4.05. The Hall–Kier alpha value is -2.80. The minimum absolute atomic E-state index is 0.0207. The van der Waals surface area contributed by atoms with Gasteiger partial charge in [-0.2, -0.15) is 0 Å². The molecule has 0 radical (unpaired) electrons. The third-order valence-electron chi connectivity index (χ3n) is 6.44. The summed E-state index contributed by atoms with van der Waals surface area (Å²) in [4.78, 5) is 38.5. The van der Waals surface area contributed by atoms with Gasteiger partial charge < -0.3 is 10.4 Å². The predicted molar refractivity (Wildman–Crippen MR) is 124 cm³/mol. The quantitative estimate of drug-likeness (QED) is 0.599. The van der Waals surface area contributed by atoms with E-state index in [1.54, 1.807) is 18.7 Å². The van der Waals surface area contributed by atoms with Crippen molar-refractivity contribution in [2.75, 3.05) is 5.75 Å².